The predicted octanol–water partition coefficient (Wildman–Crippen LogP) is 3.30. The first-order chi connectivity index (χ1) is 12.8. The second-order valence-electron chi connectivity index (χ2n) is 6.05. The first-order valence-corrected chi connectivity index (χ1v) is 9.33. The molecule has 2 aromatic rings. The number of rotatable bonds is 6. The Balaban J connectivity index is 1.74. The standard InChI is InChI=1S/C17H16ClN3O5S/c1-8(26-12-6-5-9(21(24)25)7-11(12)18)16(23)20-17-14(15(19)22)10-3-2-4-13(10)27-17/h5-8H,2-4H2,1H3,(H2,19,22)(H,20,23)/t8-/m1/s1. The number of nitro groups is 1. The summed E-state index contributed by atoms with van der Waals surface area (Å²) >= 11 is 7.33. The summed E-state index contributed by atoms with van der Waals surface area (Å²) in [5.74, 6) is -0.905. The van der Waals surface area contributed by atoms with E-state index in [9.17, 15) is 19.7 Å². The topological polar surface area (TPSA) is 125 Å². The van der Waals surface area contributed by atoms with E-state index in [1.165, 1.54) is 30.4 Å². The van der Waals surface area contributed by atoms with Gasteiger partial charge < -0.3 is 15.8 Å². The number of hydrogen-bond donors (Lipinski definition) is 2. The average Bonchev–Trinajstić information content (AvgIpc) is 3.16. The molecule has 0 unspecified atom stereocenters. The summed E-state index contributed by atoms with van der Waals surface area (Å²) in [5.41, 5.74) is 6.58. The van der Waals surface area contributed by atoms with E-state index < -0.39 is 22.8 Å². The molecule has 0 saturated carbocycles. The Kier molecular flexibility index (Phi) is 5.33. The second-order valence-corrected chi connectivity index (χ2v) is 7.56. The van der Waals surface area contributed by atoms with Gasteiger partial charge in [-0.05, 0) is 37.8 Å². The number of carbonyl (C=O) groups is 2. The molecule has 3 N–H and O–H groups in total. The van der Waals surface area contributed by atoms with Crippen molar-refractivity contribution in [3.05, 3.63) is 49.3 Å². The Labute approximate surface area is 163 Å². The molecule has 1 aromatic heterocycles. The number of fused-ring (bicyclic) bond motifs is 1. The fraction of sp³-hybridized carbons (Fsp3) is 0.294. The van der Waals surface area contributed by atoms with Gasteiger partial charge in [0.1, 0.15) is 10.8 Å². The number of halogens is 1. The summed E-state index contributed by atoms with van der Waals surface area (Å²) in [6.45, 7) is 1.51. The zero-order valence-corrected chi connectivity index (χ0v) is 15.9. The number of nitrogens with two attached hydrogens (primary N) is 1. The van der Waals surface area contributed by atoms with Crippen LogP contribution in [0, 0.1) is 10.1 Å². The van der Waals surface area contributed by atoms with Gasteiger partial charge in [0.25, 0.3) is 17.5 Å². The van der Waals surface area contributed by atoms with Crippen molar-refractivity contribution in [2.24, 2.45) is 5.73 Å². The molecule has 0 radical (unpaired) electrons. The summed E-state index contributed by atoms with van der Waals surface area (Å²) in [6.07, 6.45) is 1.65. The van der Waals surface area contributed by atoms with Gasteiger partial charge in [-0.3, -0.25) is 19.7 Å². The van der Waals surface area contributed by atoms with E-state index >= 15 is 0 Å². The molecule has 0 aliphatic heterocycles. The van der Waals surface area contributed by atoms with E-state index in [0.717, 1.165) is 35.8 Å². The van der Waals surface area contributed by atoms with Crippen LogP contribution >= 0.6 is 22.9 Å². The number of aryl methyl sites for hydroxylation is 1. The Morgan fingerprint density at radius 1 is 1.41 bits per heavy atom. The predicted molar refractivity (Wildman–Crippen MR) is 102 cm³/mol. The summed E-state index contributed by atoms with van der Waals surface area (Å²) in [6, 6.07) is 3.72. The largest absolute Gasteiger partial charge is 0.479 e. The molecule has 0 saturated heterocycles. The molecule has 1 aromatic carbocycles. The molecule has 0 bridgehead atoms. The van der Waals surface area contributed by atoms with Gasteiger partial charge in [0.15, 0.2) is 6.10 Å². The van der Waals surface area contributed by atoms with Crippen molar-refractivity contribution >= 4 is 45.4 Å². The lowest BCUT2D eigenvalue weighted by molar-refractivity contribution is -0.384. The maximum atomic E-state index is 12.5. The number of thiophene rings is 1. The Morgan fingerprint density at radius 2 is 2.15 bits per heavy atom. The Morgan fingerprint density at radius 3 is 2.78 bits per heavy atom. The number of primary amides is 1. The fourth-order valence-corrected chi connectivity index (χ4v) is 4.43. The van der Waals surface area contributed by atoms with E-state index in [1.54, 1.807) is 0 Å². The molecule has 1 aliphatic rings. The zero-order valence-electron chi connectivity index (χ0n) is 14.3. The highest BCUT2D eigenvalue weighted by Gasteiger charge is 2.27. The van der Waals surface area contributed by atoms with Crippen molar-refractivity contribution in [1.82, 2.24) is 0 Å². The molecule has 0 spiro atoms. The highest BCUT2D eigenvalue weighted by Crippen LogP contribution is 2.39. The quantitative estimate of drug-likeness (QED) is 0.559. The smallest absolute Gasteiger partial charge is 0.271 e. The highest BCUT2D eigenvalue weighted by atomic mass is 35.5. The van der Waals surface area contributed by atoms with Gasteiger partial charge in [-0.1, -0.05) is 11.6 Å². The minimum atomic E-state index is -0.943. The lowest BCUT2D eigenvalue weighted by atomic mass is 10.1. The van der Waals surface area contributed by atoms with E-state index in [1.807, 2.05) is 0 Å². The van der Waals surface area contributed by atoms with Gasteiger partial charge in [0.2, 0.25) is 0 Å². The summed E-state index contributed by atoms with van der Waals surface area (Å²) in [4.78, 5) is 35.5. The molecule has 142 valence electrons. The maximum Gasteiger partial charge on any atom is 0.271 e. The molecular formula is C17H16ClN3O5S. The Hall–Kier alpha value is -2.65. The van der Waals surface area contributed by atoms with Gasteiger partial charge in [-0.2, -0.15) is 0 Å². The molecule has 8 nitrogen and oxygen atoms in total. The first-order valence-electron chi connectivity index (χ1n) is 8.13. The number of nitrogens with zero attached hydrogens (tertiary/aromatic N) is 1. The average molecular weight is 410 g/mol. The van der Waals surface area contributed by atoms with Crippen LogP contribution in [-0.2, 0) is 17.6 Å². The number of anilines is 1. The molecule has 27 heavy (non-hydrogen) atoms. The molecule has 10 heteroatoms. The number of ether oxygens (including phenoxy) is 1. The molecule has 3 rings (SSSR count). The van der Waals surface area contributed by atoms with Crippen LogP contribution in [0.1, 0.15) is 34.1 Å². The van der Waals surface area contributed by atoms with Gasteiger partial charge in [-0.25, -0.2) is 0 Å². The minimum absolute atomic E-state index is 0.0248. The van der Waals surface area contributed by atoms with Gasteiger partial charge >= 0.3 is 0 Å². The molecular weight excluding hydrogens is 394 g/mol. The first kappa shape index (κ1) is 19.1. The van der Waals surface area contributed by atoms with Crippen LogP contribution in [0.15, 0.2) is 18.2 Å². The minimum Gasteiger partial charge on any atom is -0.479 e. The van der Waals surface area contributed by atoms with Gasteiger partial charge in [-0.15, -0.1) is 11.3 Å². The number of nitrogens with one attached hydrogen (secondary N) is 1. The zero-order chi connectivity index (χ0) is 19.7. The third-order valence-electron chi connectivity index (χ3n) is 4.20. The molecule has 1 atom stereocenters. The van der Waals surface area contributed by atoms with Crippen molar-refractivity contribution in [3.8, 4) is 5.75 Å². The van der Waals surface area contributed by atoms with Crippen LogP contribution in [0.3, 0.4) is 0 Å². The van der Waals surface area contributed by atoms with Crippen molar-refractivity contribution in [3.63, 3.8) is 0 Å². The molecule has 1 aliphatic carbocycles. The number of amides is 2. The number of hydrogen-bond acceptors (Lipinski definition) is 6. The lowest BCUT2D eigenvalue weighted by Gasteiger charge is -2.15. The van der Waals surface area contributed by atoms with E-state index in [2.05, 4.69) is 5.32 Å². The molecule has 2 amide bonds. The third-order valence-corrected chi connectivity index (χ3v) is 5.71. The number of non-ortho nitro benzene ring substituents is 1. The van der Waals surface area contributed by atoms with Crippen LogP contribution < -0.4 is 15.8 Å². The van der Waals surface area contributed by atoms with Crippen molar-refractivity contribution in [2.75, 3.05) is 5.32 Å². The molecule has 0 fully saturated rings. The SMILES string of the molecule is C[C@@H](Oc1ccc([N+](=O)[O-])cc1Cl)C(=O)Nc1sc2c(c1C(N)=O)CCC2. The fourth-order valence-electron chi connectivity index (χ4n) is 2.91. The molecule has 1 heterocycles. The van der Waals surface area contributed by atoms with Gasteiger partial charge in [0.05, 0.1) is 15.5 Å². The summed E-state index contributed by atoms with van der Waals surface area (Å²) in [5, 5.41) is 13.9. The van der Waals surface area contributed by atoms with Crippen molar-refractivity contribution < 1.29 is 19.2 Å². The lowest BCUT2D eigenvalue weighted by Crippen LogP contribution is -2.30. The number of benzene rings is 1. The summed E-state index contributed by atoms with van der Waals surface area (Å²) in [7, 11) is 0. The third kappa shape index (κ3) is 3.88. The monoisotopic (exact) mass is 409 g/mol. The van der Waals surface area contributed by atoms with Crippen LogP contribution in [0.4, 0.5) is 10.7 Å². The van der Waals surface area contributed by atoms with Crippen LogP contribution in [0.5, 0.6) is 5.75 Å². The number of carbonyl (C=O) groups excluding carboxylic acids is 2. The van der Waals surface area contributed by atoms with Crippen LogP contribution in [0.25, 0.3) is 0 Å². The van der Waals surface area contributed by atoms with Crippen molar-refractivity contribution in [1.29, 1.82) is 0 Å². The number of nitro benzene ring substituents is 1. The van der Waals surface area contributed by atoms with E-state index in [0.29, 0.717) is 10.6 Å². The van der Waals surface area contributed by atoms with Crippen molar-refractivity contribution in [2.45, 2.75) is 32.3 Å². The second kappa shape index (κ2) is 7.53. The Bertz CT molecular complexity index is 943. The normalized spacial score (nSPS) is 13.7. The van der Waals surface area contributed by atoms with Crippen LogP contribution in [0.2, 0.25) is 5.02 Å². The maximum absolute atomic E-state index is 12.5. The summed E-state index contributed by atoms with van der Waals surface area (Å²) < 4.78 is 5.51. The van der Waals surface area contributed by atoms with Gasteiger partial charge in [0, 0.05) is 17.0 Å². The van der Waals surface area contributed by atoms with E-state index in [-0.39, 0.29) is 16.5 Å². The van der Waals surface area contributed by atoms with E-state index in [4.69, 9.17) is 22.1 Å². The van der Waals surface area contributed by atoms with Crippen LogP contribution in [-0.4, -0.2) is 22.8 Å². The highest BCUT2D eigenvalue weighted by molar-refractivity contribution is 7.17.